The van der Waals surface area contributed by atoms with Crippen LogP contribution in [0.5, 0.6) is 0 Å². The lowest BCUT2D eigenvalue weighted by Crippen LogP contribution is -2.31. The third-order valence-electron chi connectivity index (χ3n) is 2.62. The van der Waals surface area contributed by atoms with E-state index in [1.807, 2.05) is 18.7 Å². The molecule has 2 rings (SSSR count). The van der Waals surface area contributed by atoms with Gasteiger partial charge >= 0.3 is 0 Å². The van der Waals surface area contributed by atoms with Crippen LogP contribution >= 0.6 is 11.3 Å². The lowest BCUT2D eigenvalue weighted by molar-refractivity contribution is 0.509. The van der Waals surface area contributed by atoms with Gasteiger partial charge in [-0.05, 0) is 41.8 Å². The first-order chi connectivity index (χ1) is 7.70. The van der Waals surface area contributed by atoms with Crippen LogP contribution in [-0.4, -0.2) is 9.78 Å². The second kappa shape index (κ2) is 4.78. The minimum Gasteiger partial charge on any atom is -0.271 e. The standard InChI is InChI=1S/C11H16N4S/c1-8-5-11(15(2)14-8)10(13-12)6-9-3-4-16-7-9/h3-5,7,10,13H,6,12H2,1-2H3. The number of nitrogens with zero attached hydrogens (tertiary/aromatic N) is 2. The first-order valence-corrected chi connectivity index (χ1v) is 6.12. The zero-order valence-corrected chi connectivity index (χ0v) is 10.3. The average Bonchev–Trinajstić information content (AvgIpc) is 2.85. The summed E-state index contributed by atoms with van der Waals surface area (Å²) in [5.41, 5.74) is 6.29. The van der Waals surface area contributed by atoms with Gasteiger partial charge in [0.15, 0.2) is 0 Å². The van der Waals surface area contributed by atoms with Gasteiger partial charge in [-0.3, -0.25) is 16.0 Å². The normalized spacial score (nSPS) is 12.9. The minimum atomic E-state index is 0.112. The van der Waals surface area contributed by atoms with Crippen LogP contribution in [-0.2, 0) is 13.5 Å². The van der Waals surface area contributed by atoms with Gasteiger partial charge in [0.1, 0.15) is 0 Å². The summed E-state index contributed by atoms with van der Waals surface area (Å²) in [5, 5.41) is 8.56. The highest BCUT2D eigenvalue weighted by Gasteiger charge is 2.15. The topological polar surface area (TPSA) is 55.9 Å². The monoisotopic (exact) mass is 236 g/mol. The Morgan fingerprint density at radius 1 is 1.62 bits per heavy atom. The Morgan fingerprint density at radius 2 is 2.44 bits per heavy atom. The molecule has 3 N–H and O–H groups in total. The molecule has 0 saturated heterocycles. The fraction of sp³-hybridized carbons (Fsp3) is 0.364. The summed E-state index contributed by atoms with van der Waals surface area (Å²) >= 11 is 1.71. The zero-order chi connectivity index (χ0) is 11.5. The molecule has 4 nitrogen and oxygen atoms in total. The van der Waals surface area contributed by atoms with Crippen molar-refractivity contribution in [2.75, 3.05) is 0 Å². The number of hydrazine groups is 1. The second-order valence-electron chi connectivity index (χ2n) is 3.89. The van der Waals surface area contributed by atoms with Crippen LogP contribution in [0.15, 0.2) is 22.9 Å². The van der Waals surface area contributed by atoms with Crippen LogP contribution in [0.4, 0.5) is 0 Å². The molecule has 0 aliphatic rings. The molecule has 2 aromatic heterocycles. The predicted molar refractivity (Wildman–Crippen MR) is 66.0 cm³/mol. The van der Waals surface area contributed by atoms with Crippen LogP contribution in [0, 0.1) is 6.92 Å². The smallest absolute Gasteiger partial charge is 0.0669 e. The SMILES string of the molecule is Cc1cc(C(Cc2ccsc2)NN)n(C)n1. The molecular formula is C11H16N4S. The van der Waals surface area contributed by atoms with Crippen LogP contribution in [0.25, 0.3) is 0 Å². The van der Waals surface area contributed by atoms with E-state index in [9.17, 15) is 0 Å². The minimum absolute atomic E-state index is 0.112. The van der Waals surface area contributed by atoms with Crippen molar-refractivity contribution in [1.29, 1.82) is 0 Å². The predicted octanol–water partition coefficient (Wildman–Crippen LogP) is 1.54. The van der Waals surface area contributed by atoms with Gasteiger partial charge in [-0.2, -0.15) is 16.4 Å². The van der Waals surface area contributed by atoms with Crippen LogP contribution in [0.3, 0.4) is 0 Å². The fourth-order valence-corrected chi connectivity index (χ4v) is 2.53. The van der Waals surface area contributed by atoms with Crippen molar-refractivity contribution in [1.82, 2.24) is 15.2 Å². The van der Waals surface area contributed by atoms with Gasteiger partial charge in [-0.15, -0.1) is 0 Å². The van der Waals surface area contributed by atoms with E-state index in [-0.39, 0.29) is 6.04 Å². The van der Waals surface area contributed by atoms with Gasteiger partial charge in [0.25, 0.3) is 0 Å². The molecule has 0 spiro atoms. The molecule has 0 aliphatic heterocycles. The van der Waals surface area contributed by atoms with Crippen molar-refractivity contribution < 1.29 is 0 Å². The largest absolute Gasteiger partial charge is 0.271 e. The molecule has 0 aromatic carbocycles. The molecule has 0 fully saturated rings. The summed E-state index contributed by atoms with van der Waals surface area (Å²) in [6.45, 7) is 1.99. The molecule has 0 saturated carbocycles. The highest BCUT2D eigenvalue weighted by Crippen LogP contribution is 2.19. The Morgan fingerprint density at radius 3 is 2.94 bits per heavy atom. The summed E-state index contributed by atoms with van der Waals surface area (Å²) < 4.78 is 1.88. The van der Waals surface area contributed by atoms with E-state index >= 15 is 0 Å². The molecular weight excluding hydrogens is 220 g/mol. The summed E-state index contributed by atoms with van der Waals surface area (Å²) in [6, 6.07) is 4.30. The Balaban J connectivity index is 2.19. The molecule has 16 heavy (non-hydrogen) atoms. The van der Waals surface area contributed by atoms with Crippen molar-refractivity contribution in [3.63, 3.8) is 0 Å². The Hall–Kier alpha value is -1.17. The summed E-state index contributed by atoms with van der Waals surface area (Å²) in [5.74, 6) is 5.61. The first kappa shape index (κ1) is 11.3. The Bertz CT molecular complexity index is 447. The number of hydrogen-bond acceptors (Lipinski definition) is 4. The molecule has 0 bridgehead atoms. The second-order valence-corrected chi connectivity index (χ2v) is 4.67. The number of nitrogens with one attached hydrogen (secondary N) is 1. The van der Waals surface area contributed by atoms with Crippen molar-refractivity contribution in [3.05, 3.63) is 39.8 Å². The maximum atomic E-state index is 5.61. The van der Waals surface area contributed by atoms with Crippen LogP contribution in [0.2, 0.25) is 0 Å². The molecule has 2 aromatic rings. The third-order valence-corrected chi connectivity index (χ3v) is 3.35. The highest BCUT2D eigenvalue weighted by molar-refractivity contribution is 7.07. The van der Waals surface area contributed by atoms with Gasteiger partial charge in [0.05, 0.1) is 17.4 Å². The molecule has 0 radical (unpaired) electrons. The first-order valence-electron chi connectivity index (χ1n) is 5.18. The van der Waals surface area contributed by atoms with Crippen molar-refractivity contribution in [2.24, 2.45) is 12.9 Å². The zero-order valence-electron chi connectivity index (χ0n) is 9.47. The number of aromatic nitrogens is 2. The molecule has 1 atom stereocenters. The number of aryl methyl sites for hydroxylation is 2. The van der Waals surface area contributed by atoms with Gasteiger partial charge in [0, 0.05) is 7.05 Å². The molecule has 0 amide bonds. The lowest BCUT2D eigenvalue weighted by Gasteiger charge is -2.15. The van der Waals surface area contributed by atoms with E-state index in [0.29, 0.717) is 0 Å². The molecule has 5 heteroatoms. The quantitative estimate of drug-likeness (QED) is 0.625. The van der Waals surface area contributed by atoms with E-state index in [1.54, 1.807) is 11.3 Å². The van der Waals surface area contributed by atoms with E-state index in [1.165, 1.54) is 5.56 Å². The van der Waals surface area contributed by atoms with Gasteiger partial charge < -0.3 is 0 Å². The van der Waals surface area contributed by atoms with E-state index in [2.05, 4.69) is 33.4 Å². The lowest BCUT2D eigenvalue weighted by atomic mass is 10.1. The van der Waals surface area contributed by atoms with Crippen molar-refractivity contribution in [3.8, 4) is 0 Å². The number of thiophene rings is 1. The molecule has 86 valence electrons. The van der Waals surface area contributed by atoms with Gasteiger partial charge in [-0.25, -0.2) is 0 Å². The number of nitrogens with two attached hydrogens (primary N) is 1. The fourth-order valence-electron chi connectivity index (χ4n) is 1.85. The maximum Gasteiger partial charge on any atom is 0.0669 e. The molecule has 2 heterocycles. The van der Waals surface area contributed by atoms with Gasteiger partial charge in [0.2, 0.25) is 0 Å². The Kier molecular flexibility index (Phi) is 3.38. The van der Waals surface area contributed by atoms with Crippen molar-refractivity contribution >= 4 is 11.3 Å². The van der Waals surface area contributed by atoms with Crippen LogP contribution in [0.1, 0.15) is 23.0 Å². The van der Waals surface area contributed by atoms with Crippen LogP contribution < -0.4 is 11.3 Å². The van der Waals surface area contributed by atoms with E-state index in [4.69, 9.17) is 5.84 Å². The third kappa shape index (κ3) is 2.32. The van der Waals surface area contributed by atoms with E-state index < -0.39 is 0 Å². The average molecular weight is 236 g/mol. The summed E-state index contributed by atoms with van der Waals surface area (Å²) in [6.07, 6.45) is 0.888. The molecule has 1 unspecified atom stereocenters. The van der Waals surface area contributed by atoms with Crippen molar-refractivity contribution in [2.45, 2.75) is 19.4 Å². The number of hydrogen-bond donors (Lipinski definition) is 2. The van der Waals surface area contributed by atoms with Gasteiger partial charge in [-0.1, -0.05) is 0 Å². The highest BCUT2D eigenvalue weighted by atomic mass is 32.1. The Labute approximate surface area is 99.1 Å². The summed E-state index contributed by atoms with van der Waals surface area (Å²) in [7, 11) is 1.94. The molecule has 0 aliphatic carbocycles. The number of rotatable bonds is 4. The van der Waals surface area contributed by atoms with E-state index in [0.717, 1.165) is 17.8 Å². The maximum absolute atomic E-state index is 5.61. The summed E-state index contributed by atoms with van der Waals surface area (Å²) in [4.78, 5) is 0.